The summed E-state index contributed by atoms with van der Waals surface area (Å²) in [5.41, 5.74) is 0.405. The molecule has 3 heterocycles. The Hall–Kier alpha value is -3.34. The van der Waals surface area contributed by atoms with Gasteiger partial charge in [0.15, 0.2) is 11.6 Å². The van der Waals surface area contributed by atoms with Crippen LogP contribution in [0.15, 0.2) is 30.6 Å². The van der Waals surface area contributed by atoms with Crippen LogP contribution < -0.4 is 9.46 Å². The van der Waals surface area contributed by atoms with Gasteiger partial charge in [-0.1, -0.05) is 17.7 Å². The summed E-state index contributed by atoms with van der Waals surface area (Å²) in [5, 5.41) is 16.3. The molecule has 0 unspecified atom stereocenters. The van der Waals surface area contributed by atoms with Crippen LogP contribution in [-0.2, 0) is 21.3 Å². The van der Waals surface area contributed by atoms with Crippen molar-refractivity contribution in [2.75, 3.05) is 18.9 Å². The minimum Gasteiger partial charge on any atom is -0.481 e. The van der Waals surface area contributed by atoms with E-state index in [1.165, 1.54) is 38.1 Å². The summed E-state index contributed by atoms with van der Waals surface area (Å²) in [6.45, 7) is 1.59. The van der Waals surface area contributed by atoms with Crippen LogP contribution in [0.4, 0.5) is 5.95 Å². The number of anilines is 1. The molecule has 0 aliphatic rings. The SMILES string of the molecule is COc1cccc(-c2nnc(NS(=O)(=O)[C@@H](C)[C@H](OC)c3ncc(Cl)cn3)n2CCC#N)n1. The lowest BCUT2D eigenvalue weighted by molar-refractivity contribution is 0.0950. The largest absolute Gasteiger partial charge is 0.481 e. The average molecular weight is 493 g/mol. The third-order valence-electron chi connectivity index (χ3n) is 4.66. The third kappa shape index (κ3) is 5.54. The number of hydrogen-bond donors (Lipinski definition) is 1. The third-order valence-corrected chi connectivity index (χ3v) is 6.55. The highest BCUT2D eigenvalue weighted by Gasteiger charge is 2.34. The molecule has 0 radical (unpaired) electrons. The number of hydrogen-bond acceptors (Lipinski definition) is 10. The Bertz CT molecular complexity index is 1240. The number of sulfonamides is 1. The van der Waals surface area contributed by atoms with E-state index in [0.717, 1.165) is 0 Å². The van der Waals surface area contributed by atoms with Crippen molar-refractivity contribution >= 4 is 27.6 Å². The lowest BCUT2D eigenvalue weighted by Crippen LogP contribution is -2.33. The van der Waals surface area contributed by atoms with Crippen molar-refractivity contribution < 1.29 is 17.9 Å². The van der Waals surface area contributed by atoms with Gasteiger partial charge in [-0.2, -0.15) is 5.26 Å². The first-order valence-corrected chi connectivity index (χ1v) is 11.6. The van der Waals surface area contributed by atoms with E-state index in [2.05, 4.69) is 29.9 Å². The second kappa shape index (κ2) is 10.5. The summed E-state index contributed by atoms with van der Waals surface area (Å²) in [7, 11) is -1.22. The molecule has 3 aromatic rings. The van der Waals surface area contributed by atoms with Gasteiger partial charge in [-0.05, 0) is 13.0 Å². The number of nitriles is 1. The Kier molecular flexibility index (Phi) is 7.75. The molecule has 0 amide bonds. The van der Waals surface area contributed by atoms with Gasteiger partial charge in [0.2, 0.25) is 21.9 Å². The van der Waals surface area contributed by atoms with Crippen molar-refractivity contribution in [1.29, 1.82) is 5.26 Å². The number of rotatable bonds is 10. The molecule has 0 saturated heterocycles. The maximum atomic E-state index is 13.2. The van der Waals surface area contributed by atoms with Crippen LogP contribution in [0.3, 0.4) is 0 Å². The fraction of sp³-hybridized carbons (Fsp3) is 0.368. The zero-order valence-electron chi connectivity index (χ0n) is 18.0. The van der Waals surface area contributed by atoms with Gasteiger partial charge in [0.25, 0.3) is 0 Å². The molecule has 3 rings (SSSR count). The molecular formula is C19H21ClN8O4S. The molecule has 14 heteroatoms. The summed E-state index contributed by atoms with van der Waals surface area (Å²) in [4.78, 5) is 12.4. The van der Waals surface area contributed by atoms with Gasteiger partial charge in [0.1, 0.15) is 17.0 Å². The number of aromatic nitrogens is 6. The van der Waals surface area contributed by atoms with Crippen LogP contribution in [0.5, 0.6) is 5.88 Å². The predicted octanol–water partition coefficient (Wildman–Crippen LogP) is 2.22. The van der Waals surface area contributed by atoms with E-state index in [9.17, 15) is 8.42 Å². The van der Waals surface area contributed by atoms with E-state index >= 15 is 0 Å². The maximum absolute atomic E-state index is 13.2. The maximum Gasteiger partial charge on any atom is 0.240 e. The molecule has 0 aliphatic heterocycles. The van der Waals surface area contributed by atoms with Crippen LogP contribution in [0.1, 0.15) is 25.3 Å². The van der Waals surface area contributed by atoms with Crippen molar-refractivity contribution in [3.05, 3.63) is 41.4 Å². The van der Waals surface area contributed by atoms with Crippen molar-refractivity contribution in [2.24, 2.45) is 0 Å². The fourth-order valence-electron chi connectivity index (χ4n) is 2.95. The number of halogens is 1. The lowest BCUT2D eigenvalue weighted by Gasteiger charge is -2.22. The molecule has 0 aromatic carbocycles. The molecule has 12 nitrogen and oxygen atoms in total. The first-order valence-electron chi connectivity index (χ1n) is 9.64. The van der Waals surface area contributed by atoms with Crippen molar-refractivity contribution in [1.82, 2.24) is 29.7 Å². The molecule has 0 saturated carbocycles. The molecule has 2 atom stereocenters. The van der Waals surface area contributed by atoms with E-state index in [-0.39, 0.29) is 30.6 Å². The van der Waals surface area contributed by atoms with Crippen LogP contribution >= 0.6 is 11.6 Å². The van der Waals surface area contributed by atoms with Gasteiger partial charge in [0.05, 0.1) is 24.6 Å². The first-order chi connectivity index (χ1) is 15.8. The van der Waals surface area contributed by atoms with E-state index in [1.807, 2.05) is 6.07 Å². The van der Waals surface area contributed by atoms with Gasteiger partial charge in [-0.15, -0.1) is 10.2 Å². The van der Waals surface area contributed by atoms with Gasteiger partial charge in [-0.3, -0.25) is 9.29 Å². The van der Waals surface area contributed by atoms with E-state index in [0.29, 0.717) is 16.6 Å². The summed E-state index contributed by atoms with van der Waals surface area (Å²) >= 11 is 5.82. The Balaban J connectivity index is 1.94. The molecule has 0 fully saturated rings. The Labute approximate surface area is 195 Å². The summed E-state index contributed by atoms with van der Waals surface area (Å²) in [6.07, 6.45) is 1.83. The zero-order valence-corrected chi connectivity index (χ0v) is 19.6. The number of methoxy groups -OCH3 is 2. The van der Waals surface area contributed by atoms with E-state index in [4.69, 9.17) is 26.3 Å². The number of ether oxygens (including phenoxy) is 2. The van der Waals surface area contributed by atoms with Crippen LogP contribution in [0.2, 0.25) is 5.02 Å². The predicted molar refractivity (Wildman–Crippen MR) is 119 cm³/mol. The van der Waals surface area contributed by atoms with Crippen LogP contribution in [0.25, 0.3) is 11.5 Å². The van der Waals surface area contributed by atoms with Gasteiger partial charge in [-0.25, -0.2) is 23.4 Å². The summed E-state index contributed by atoms with van der Waals surface area (Å²) < 4.78 is 40.7. The average Bonchev–Trinajstić information content (AvgIpc) is 3.20. The van der Waals surface area contributed by atoms with E-state index < -0.39 is 21.4 Å². The minimum absolute atomic E-state index is 0.0661. The van der Waals surface area contributed by atoms with E-state index in [1.54, 1.807) is 18.2 Å². The second-order valence-corrected chi connectivity index (χ2v) is 9.21. The molecule has 1 N–H and O–H groups in total. The molecule has 3 aromatic heterocycles. The standard InChI is InChI=1S/C19H21ClN8O4S/c1-12(16(32-3)17-22-10-13(20)11-23-17)33(29,30)27-19-26-25-18(28(19)9-5-8-21)14-6-4-7-15(24-14)31-2/h4,6-7,10-12,16H,5,9H2,1-3H3,(H,26,27)/t12-,16-/m0/s1. The van der Waals surface area contributed by atoms with Crippen LogP contribution in [0, 0.1) is 11.3 Å². The smallest absolute Gasteiger partial charge is 0.240 e. The highest BCUT2D eigenvalue weighted by atomic mass is 35.5. The first kappa shape index (κ1) is 24.3. The lowest BCUT2D eigenvalue weighted by atomic mass is 10.2. The number of pyridine rings is 1. The van der Waals surface area contributed by atoms with Crippen molar-refractivity contribution in [2.45, 2.75) is 31.2 Å². The van der Waals surface area contributed by atoms with Crippen molar-refractivity contribution in [3.8, 4) is 23.5 Å². The Morgan fingerprint density at radius 2 is 1.97 bits per heavy atom. The molecule has 0 bridgehead atoms. The topological polar surface area (TPSA) is 158 Å². The second-order valence-electron chi connectivity index (χ2n) is 6.74. The summed E-state index contributed by atoms with van der Waals surface area (Å²) in [5.74, 6) is 0.721. The Morgan fingerprint density at radius 3 is 2.61 bits per heavy atom. The molecule has 33 heavy (non-hydrogen) atoms. The molecule has 0 aliphatic carbocycles. The fourth-order valence-corrected chi connectivity index (χ4v) is 4.20. The normalized spacial score (nSPS) is 13.2. The van der Waals surface area contributed by atoms with Gasteiger partial charge >= 0.3 is 0 Å². The monoisotopic (exact) mass is 492 g/mol. The number of nitrogens with zero attached hydrogens (tertiary/aromatic N) is 7. The van der Waals surface area contributed by atoms with Gasteiger partial charge in [0, 0.05) is 32.1 Å². The number of nitrogens with one attached hydrogen (secondary N) is 1. The highest BCUT2D eigenvalue weighted by Crippen LogP contribution is 2.26. The minimum atomic E-state index is -4.05. The zero-order chi connectivity index (χ0) is 24.0. The molecule has 0 spiro atoms. The highest BCUT2D eigenvalue weighted by molar-refractivity contribution is 7.93. The van der Waals surface area contributed by atoms with Gasteiger partial charge < -0.3 is 9.47 Å². The molecular weight excluding hydrogens is 472 g/mol. The quantitative estimate of drug-likeness (QED) is 0.444. The Morgan fingerprint density at radius 1 is 1.24 bits per heavy atom. The van der Waals surface area contributed by atoms with Crippen LogP contribution in [-0.4, -0.2) is 57.6 Å². The summed E-state index contributed by atoms with van der Waals surface area (Å²) in [6, 6.07) is 7.08. The van der Waals surface area contributed by atoms with Crippen molar-refractivity contribution in [3.63, 3.8) is 0 Å². The molecule has 174 valence electrons.